The van der Waals surface area contributed by atoms with E-state index in [0.29, 0.717) is 10.2 Å². The maximum absolute atomic E-state index is 12.9. The molecule has 0 radical (unpaired) electrons. The first kappa shape index (κ1) is 14.9. The lowest BCUT2D eigenvalue weighted by Crippen LogP contribution is -2.19. The van der Waals surface area contributed by atoms with Crippen LogP contribution in [-0.2, 0) is 0 Å². The second kappa shape index (κ2) is 5.78. The molecule has 1 aliphatic heterocycles. The van der Waals surface area contributed by atoms with Gasteiger partial charge in [-0.2, -0.15) is 0 Å². The summed E-state index contributed by atoms with van der Waals surface area (Å²) >= 11 is 7.47. The fourth-order valence-corrected chi connectivity index (χ4v) is 3.81. The Hall–Kier alpha value is -2.63. The SMILES string of the molecule is O=c1c(Cl)c(Nc2ccccc2)c(=O)c2sc3ccccc3[nH]c1=2. The van der Waals surface area contributed by atoms with Crippen LogP contribution in [-0.4, -0.2) is 4.98 Å². The molecule has 118 valence electrons. The van der Waals surface area contributed by atoms with Gasteiger partial charge in [-0.3, -0.25) is 9.59 Å². The zero-order valence-electron chi connectivity index (χ0n) is 12.3. The number of hydrogen-bond donors (Lipinski definition) is 2. The Labute approximate surface area is 145 Å². The number of nitrogens with one attached hydrogen (secondary N) is 2. The number of H-pyrrole nitrogens is 1. The fourth-order valence-electron chi connectivity index (χ4n) is 2.55. The van der Waals surface area contributed by atoms with Gasteiger partial charge in [0.05, 0.1) is 10.2 Å². The second-order valence-electron chi connectivity index (χ2n) is 5.27. The Morgan fingerprint density at radius 3 is 2.42 bits per heavy atom. The van der Waals surface area contributed by atoms with Gasteiger partial charge in [-0.05, 0) is 24.3 Å². The molecular formula is C18H11ClN2O2S. The van der Waals surface area contributed by atoms with Crippen LogP contribution >= 0.6 is 22.9 Å². The lowest BCUT2D eigenvalue weighted by molar-refractivity contribution is 1.25. The van der Waals surface area contributed by atoms with E-state index in [9.17, 15) is 9.59 Å². The highest BCUT2D eigenvalue weighted by Gasteiger charge is 2.15. The van der Waals surface area contributed by atoms with Gasteiger partial charge in [-0.15, -0.1) is 11.3 Å². The third-order valence-corrected chi connectivity index (χ3v) is 5.24. The number of rotatable bonds is 2. The molecule has 2 N–H and O–H groups in total. The van der Waals surface area contributed by atoms with Gasteiger partial charge < -0.3 is 10.3 Å². The number of para-hydroxylation sites is 2. The summed E-state index contributed by atoms with van der Waals surface area (Å²) in [4.78, 5) is 28.5. The van der Waals surface area contributed by atoms with E-state index in [-0.39, 0.29) is 26.9 Å². The molecule has 0 spiro atoms. The molecule has 2 aromatic rings. The van der Waals surface area contributed by atoms with Crippen molar-refractivity contribution in [2.45, 2.75) is 0 Å². The molecule has 6 heteroatoms. The van der Waals surface area contributed by atoms with Crippen LogP contribution in [0.15, 0.2) is 64.2 Å². The molecule has 0 amide bonds. The summed E-state index contributed by atoms with van der Waals surface area (Å²) < 4.78 is 1.26. The summed E-state index contributed by atoms with van der Waals surface area (Å²) in [6.45, 7) is 0. The number of hydrogen-bond acceptors (Lipinski definition) is 4. The van der Waals surface area contributed by atoms with Crippen molar-refractivity contribution < 1.29 is 0 Å². The van der Waals surface area contributed by atoms with Crippen LogP contribution in [0.5, 0.6) is 0 Å². The van der Waals surface area contributed by atoms with Crippen LogP contribution in [0.25, 0.3) is 10.2 Å². The first-order valence-corrected chi connectivity index (χ1v) is 8.44. The van der Waals surface area contributed by atoms with Gasteiger partial charge in [-0.25, -0.2) is 0 Å². The Morgan fingerprint density at radius 1 is 0.917 bits per heavy atom. The first-order valence-electron chi connectivity index (χ1n) is 7.24. The zero-order valence-corrected chi connectivity index (χ0v) is 13.9. The highest BCUT2D eigenvalue weighted by molar-refractivity contribution is 7.16. The summed E-state index contributed by atoms with van der Waals surface area (Å²) in [6.07, 6.45) is 0. The highest BCUT2D eigenvalue weighted by Crippen LogP contribution is 2.22. The Balaban J connectivity index is 2.07. The third kappa shape index (κ3) is 2.38. The quantitative estimate of drug-likeness (QED) is 0.570. The Bertz CT molecular complexity index is 1230. The molecule has 0 atom stereocenters. The van der Waals surface area contributed by atoms with Gasteiger partial charge in [0.15, 0.2) is 0 Å². The van der Waals surface area contributed by atoms with Crippen molar-refractivity contribution in [2.75, 3.05) is 5.32 Å². The molecular weight excluding hydrogens is 344 g/mol. The molecule has 2 aromatic carbocycles. The summed E-state index contributed by atoms with van der Waals surface area (Å²) in [5.41, 5.74) is 0.939. The normalized spacial score (nSPS) is 11.0. The number of aromatic nitrogens is 1. The molecule has 0 saturated carbocycles. The third-order valence-electron chi connectivity index (χ3n) is 3.71. The minimum absolute atomic E-state index is 0.102. The van der Waals surface area contributed by atoms with Gasteiger partial charge in [-0.1, -0.05) is 41.9 Å². The van der Waals surface area contributed by atoms with E-state index < -0.39 is 0 Å². The van der Waals surface area contributed by atoms with Crippen molar-refractivity contribution in [3.63, 3.8) is 0 Å². The average molecular weight is 355 g/mol. The van der Waals surface area contributed by atoms with Crippen molar-refractivity contribution in [1.82, 2.24) is 4.98 Å². The number of fused-ring (bicyclic) bond motifs is 1. The summed E-state index contributed by atoms with van der Waals surface area (Å²) in [6, 6.07) is 16.7. The Kier molecular flexibility index (Phi) is 3.59. The van der Waals surface area contributed by atoms with E-state index in [0.717, 1.165) is 10.2 Å². The maximum Gasteiger partial charge on any atom is 0.224 e. The van der Waals surface area contributed by atoms with Crippen LogP contribution in [0.1, 0.15) is 0 Å². The fraction of sp³-hybridized carbons (Fsp3) is 0. The van der Waals surface area contributed by atoms with Crippen LogP contribution in [0, 0.1) is 9.88 Å². The van der Waals surface area contributed by atoms with Crippen LogP contribution in [0.2, 0.25) is 5.02 Å². The summed E-state index contributed by atoms with van der Waals surface area (Å²) in [5, 5.41) is 3.11. The molecule has 0 saturated heterocycles. The van der Waals surface area contributed by atoms with E-state index in [1.54, 1.807) is 12.1 Å². The minimum Gasteiger partial charge on any atom is -0.351 e. The Morgan fingerprint density at radius 2 is 1.62 bits per heavy atom. The van der Waals surface area contributed by atoms with E-state index in [2.05, 4.69) is 10.3 Å². The molecule has 2 aliphatic rings. The zero-order chi connectivity index (χ0) is 16.7. The van der Waals surface area contributed by atoms with E-state index >= 15 is 0 Å². The van der Waals surface area contributed by atoms with Crippen molar-refractivity contribution in [2.24, 2.45) is 0 Å². The smallest absolute Gasteiger partial charge is 0.224 e. The van der Waals surface area contributed by atoms with Crippen LogP contribution < -0.4 is 16.2 Å². The van der Waals surface area contributed by atoms with Gasteiger partial charge in [0.1, 0.15) is 20.6 Å². The van der Waals surface area contributed by atoms with Crippen LogP contribution in [0.3, 0.4) is 0 Å². The van der Waals surface area contributed by atoms with E-state index in [1.807, 2.05) is 42.5 Å². The molecule has 1 heterocycles. The summed E-state index contributed by atoms with van der Waals surface area (Å²) in [5.74, 6) is 0. The summed E-state index contributed by atoms with van der Waals surface area (Å²) in [7, 11) is 0. The molecule has 0 unspecified atom stereocenters. The number of anilines is 2. The maximum atomic E-state index is 12.9. The van der Waals surface area contributed by atoms with Crippen molar-refractivity contribution >= 4 is 44.5 Å². The predicted molar refractivity (Wildman–Crippen MR) is 98.8 cm³/mol. The second-order valence-corrected chi connectivity index (χ2v) is 6.70. The molecule has 0 aromatic heterocycles. The lowest BCUT2D eigenvalue weighted by atomic mass is 10.2. The molecule has 1 aliphatic carbocycles. The highest BCUT2D eigenvalue weighted by atomic mass is 35.5. The van der Waals surface area contributed by atoms with Crippen molar-refractivity contribution in [1.29, 1.82) is 0 Å². The first-order chi connectivity index (χ1) is 11.6. The number of aromatic amines is 1. The van der Waals surface area contributed by atoms with Crippen molar-refractivity contribution in [3.05, 3.63) is 89.9 Å². The minimum atomic E-state index is -0.383. The van der Waals surface area contributed by atoms with E-state index in [4.69, 9.17) is 11.6 Å². The molecule has 0 fully saturated rings. The van der Waals surface area contributed by atoms with Gasteiger partial charge in [0, 0.05) is 5.69 Å². The largest absolute Gasteiger partial charge is 0.351 e. The van der Waals surface area contributed by atoms with Crippen LogP contribution in [0.4, 0.5) is 11.4 Å². The molecule has 24 heavy (non-hydrogen) atoms. The van der Waals surface area contributed by atoms with Crippen molar-refractivity contribution in [3.8, 4) is 0 Å². The number of halogens is 1. The van der Waals surface area contributed by atoms with Gasteiger partial charge >= 0.3 is 0 Å². The average Bonchev–Trinajstić information content (AvgIpc) is 2.63. The predicted octanol–water partition coefficient (Wildman–Crippen LogP) is 4.07. The van der Waals surface area contributed by atoms with Gasteiger partial charge in [0.2, 0.25) is 10.9 Å². The molecule has 4 nitrogen and oxygen atoms in total. The monoisotopic (exact) mass is 354 g/mol. The number of benzene rings is 2. The molecule has 0 bridgehead atoms. The van der Waals surface area contributed by atoms with E-state index in [1.165, 1.54) is 11.3 Å². The lowest BCUT2D eigenvalue weighted by Gasteiger charge is -2.08. The molecule has 4 rings (SSSR count). The standard InChI is InChI=1S/C18H11ClN2O2S/c19-13-14(20-10-6-2-1-3-7-10)17(23)18-15(16(13)22)21-11-8-4-5-9-12(11)24-18/h1-9,20-21H. The van der Waals surface area contributed by atoms with Gasteiger partial charge in [0.25, 0.3) is 0 Å². The topological polar surface area (TPSA) is 62.0 Å².